The summed E-state index contributed by atoms with van der Waals surface area (Å²) in [6.07, 6.45) is -5.28. The lowest BCUT2D eigenvalue weighted by Crippen LogP contribution is -2.21. The highest BCUT2D eigenvalue weighted by Crippen LogP contribution is 2.26. The normalized spacial score (nSPS) is 14.1. The van der Waals surface area contributed by atoms with E-state index in [-0.39, 0.29) is 5.69 Å². The van der Waals surface area contributed by atoms with Gasteiger partial charge in [0.25, 0.3) is 0 Å². The Hall–Kier alpha value is -1.10. The average molecular weight is 204 g/mol. The standard InChI is InChI=1S/C9H11F3N2/c1-6-3-2-4-8(14-6)7(13)5-9(10,11)12/h2-4,7H,5,13H2,1H3/t7-/m0/s1. The van der Waals surface area contributed by atoms with E-state index in [1.165, 1.54) is 6.07 Å². The van der Waals surface area contributed by atoms with Crippen molar-refractivity contribution in [2.45, 2.75) is 25.6 Å². The van der Waals surface area contributed by atoms with Crippen LogP contribution in [0.4, 0.5) is 13.2 Å². The van der Waals surface area contributed by atoms with Crippen LogP contribution in [-0.4, -0.2) is 11.2 Å². The van der Waals surface area contributed by atoms with Crippen LogP contribution in [0, 0.1) is 6.92 Å². The van der Waals surface area contributed by atoms with Crippen molar-refractivity contribution in [2.75, 3.05) is 0 Å². The van der Waals surface area contributed by atoms with Crippen LogP contribution in [0.15, 0.2) is 18.2 Å². The second kappa shape index (κ2) is 3.96. The number of aromatic nitrogens is 1. The lowest BCUT2D eigenvalue weighted by Gasteiger charge is -2.13. The third-order valence-corrected chi connectivity index (χ3v) is 1.74. The quantitative estimate of drug-likeness (QED) is 0.803. The van der Waals surface area contributed by atoms with Gasteiger partial charge in [0.15, 0.2) is 0 Å². The Morgan fingerprint density at radius 2 is 2.07 bits per heavy atom. The van der Waals surface area contributed by atoms with Gasteiger partial charge in [0.05, 0.1) is 18.2 Å². The Kier molecular flexibility index (Phi) is 3.10. The fraction of sp³-hybridized carbons (Fsp3) is 0.444. The fourth-order valence-electron chi connectivity index (χ4n) is 1.12. The van der Waals surface area contributed by atoms with Gasteiger partial charge in [-0.3, -0.25) is 4.98 Å². The van der Waals surface area contributed by atoms with Crippen molar-refractivity contribution in [1.82, 2.24) is 4.98 Å². The smallest absolute Gasteiger partial charge is 0.322 e. The van der Waals surface area contributed by atoms with Gasteiger partial charge in [-0.1, -0.05) is 6.07 Å². The number of aryl methyl sites for hydroxylation is 1. The molecular weight excluding hydrogens is 193 g/mol. The molecule has 0 fully saturated rings. The highest BCUT2D eigenvalue weighted by Gasteiger charge is 2.31. The highest BCUT2D eigenvalue weighted by molar-refractivity contribution is 5.13. The predicted octanol–water partition coefficient (Wildman–Crippen LogP) is 2.34. The first-order chi connectivity index (χ1) is 6.38. The van der Waals surface area contributed by atoms with Crippen molar-refractivity contribution < 1.29 is 13.2 Å². The monoisotopic (exact) mass is 204 g/mol. The summed E-state index contributed by atoms with van der Waals surface area (Å²) in [5.41, 5.74) is 6.31. The molecule has 0 amide bonds. The summed E-state index contributed by atoms with van der Waals surface area (Å²) in [6.45, 7) is 1.71. The highest BCUT2D eigenvalue weighted by atomic mass is 19.4. The average Bonchev–Trinajstić information content (AvgIpc) is 2.01. The number of pyridine rings is 1. The number of rotatable bonds is 2. The molecule has 5 heteroatoms. The molecule has 1 aromatic rings. The molecule has 0 aliphatic rings. The van der Waals surface area contributed by atoms with E-state index in [4.69, 9.17) is 5.73 Å². The SMILES string of the molecule is Cc1cccc([C@@H](N)CC(F)(F)F)n1. The van der Waals surface area contributed by atoms with E-state index in [0.717, 1.165) is 0 Å². The maximum absolute atomic E-state index is 12.0. The maximum Gasteiger partial charge on any atom is 0.390 e. The molecular formula is C9H11F3N2. The van der Waals surface area contributed by atoms with Crippen LogP contribution in [0.25, 0.3) is 0 Å². The van der Waals surface area contributed by atoms with Gasteiger partial charge >= 0.3 is 6.18 Å². The van der Waals surface area contributed by atoms with Crippen LogP contribution in [0.5, 0.6) is 0 Å². The minimum absolute atomic E-state index is 0.280. The van der Waals surface area contributed by atoms with E-state index in [9.17, 15) is 13.2 Å². The molecule has 2 N–H and O–H groups in total. The minimum atomic E-state index is -4.25. The molecule has 0 aromatic carbocycles. The van der Waals surface area contributed by atoms with Gasteiger partial charge in [-0.15, -0.1) is 0 Å². The molecule has 1 atom stereocenters. The van der Waals surface area contributed by atoms with Gasteiger partial charge in [-0.05, 0) is 19.1 Å². The van der Waals surface area contributed by atoms with Gasteiger partial charge in [0.1, 0.15) is 0 Å². The Labute approximate surface area is 79.9 Å². The Morgan fingerprint density at radius 3 is 2.57 bits per heavy atom. The van der Waals surface area contributed by atoms with Crippen molar-refractivity contribution >= 4 is 0 Å². The summed E-state index contributed by atoms with van der Waals surface area (Å²) in [6, 6.07) is 3.79. The number of nitrogens with two attached hydrogens (primary N) is 1. The topological polar surface area (TPSA) is 38.9 Å². The van der Waals surface area contributed by atoms with Crippen LogP contribution in [-0.2, 0) is 0 Å². The van der Waals surface area contributed by atoms with Gasteiger partial charge in [-0.25, -0.2) is 0 Å². The Bertz CT molecular complexity index is 309. The van der Waals surface area contributed by atoms with Gasteiger partial charge in [0, 0.05) is 5.69 Å². The first-order valence-corrected chi connectivity index (χ1v) is 4.14. The van der Waals surface area contributed by atoms with Crippen LogP contribution < -0.4 is 5.73 Å². The van der Waals surface area contributed by atoms with E-state index in [2.05, 4.69) is 4.98 Å². The van der Waals surface area contributed by atoms with Crippen molar-refractivity contribution in [2.24, 2.45) is 5.73 Å². The van der Waals surface area contributed by atoms with Gasteiger partial charge in [0.2, 0.25) is 0 Å². The number of alkyl halides is 3. The van der Waals surface area contributed by atoms with Crippen molar-refractivity contribution in [3.05, 3.63) is 29.6 Å². The van der Waals surface area contributed by atoms with Crippen LogP contribution in [0.3, 0.4) is 0 Å². The molecule has 1 heterocycles. The zero-order valence-electron chi connectivity index (χ0n) is 7.67. The van der Waals surface area contributed by atoms with E-state index < -0.39 is 18.6 Å². The lowest BCUT2D eigenvalue weighted by molar-refractivity contribution is -0.138. The Morgan fingerprint density at radius 1 is 1.43 bits per heavy atom. The van der Waals surface area contributed by atoms with Crippen molar-refractivity contribution in [1.29, 1.82) is 0 Å². The van der Waals surface area contributed by atoms with E-state index in [0.29, 0.717) is 5.69 Å². The molecule has 0 saturated heterocycles. The summed E-state index contributed by atoms with van der Waals surface area (Å²) in [7, 11) is 0. The maximum atomic E-state index is 12.0. The molecule has 78 valence electrons. The molecule has 0 bridgehead atoms. The summed E-state index contributed by atoms with van der Waals surface area (Å²) in [5, 5.41) is 0. The molecule has 0 unspecified atom stereocenters. The van der Waals surface area contributed by atoms with Crippen molar-refractivity contribution in [3.63, 3.8) is 0 Å². The first-order valence-electron chi connectivity index (χ1n) is 4.14. The van der Waals surface area contributed by atoms with E-state index in [1.807, 2.05) is 0 Å². The first kappa shape index (κ1) is 11.0. The summed E-state index contributed by atoms with van der Waals surface area (Å²) < 4.78 is 36.0. The van der Waals surface area contributed by atoms with Gasteiger partial charge in [-0.2, -0.15) is 13.2 Å². The third kappa shape index (κ3) is 3.33. The molecule has 1 rings (SSSR count). The summed E-state index contributed by atoms with van der Waals surface area (Å²) in [5.74, 6) is 0. The number of hydrogen-bond acceptors (Lipinski definition) is 2. The Balaban J connectivity index is 2.74. The molecule has 0 spiro atoms. The van der Waals surface area contributed by atoms with Crippen LogP contribution in [0.1, 0.15) is 23.9 Å². The molecule has 0 aliphatic carbocycles. The van der Waals surface area contributed by atoms with E-state index in [1.54, 1.807) is 19.1 Å². The fourth-order valence-corrected chi connectivity index (χ4v) is 1.12. The number of halogens is 3. The molecule has 0 saturated carbocycles. The second-order valence-corrected chi connectivity index (χ2v) is 3.13. The zero-order valence-corrected chi connectivity index (χ0v) is 7.67. The van der Waals surface area contributed by atoms with E-state index >= 15 is 0 Å². The second-order valence-electron chi connectivity index (χ2n) is 3.13. The molecule has 1 aromatic heterocycles. The molecule has 0 radical (unpaired) electrons. The minimum Gasteiger partial charge on any atom is -0.322 e. The largest absolute Gasteiger partial charge is 0.390 e. The summed E-state index contributed by atoms with van der Waals surface area (Å²) >= 11 is 0. The number of nitrogens with zero attached hydrogens (tertiary/aromatic N) is 1. The lowest BCUT2D eigenvalue weighted by atomic mass is 10.1. The van der Waals surface area contributed by atoms with Crippen LogP contribution in [0.2, 0.25) is 0 Å². The van der Waals surface area contributed by atoms with Crippen LogP contribution >= 0.6 is 0 Å². The number of hydrogen-bond donors (Lipinski definition) is 1. The molecule has 14 heavy (non-hydrogen) atoms. The predicted molar refractivity (Wildman–Crippen MR) is 46.6 cm³/mol. The van der Waals surface area contributed by atoms with Gasteiger partial charge < -0.3 is 5.73 Å². The summed E-state index contributed by atoms with van der Waals surface area (Å²) in [4.78, 5) is 3.93. The molecule has 2 nitrogen and oxygen atoms in total. The third-order valence-electron chi connectivity index (χ3n) is 1.74. The zero-order chi connectivity index (χ0) is 10.8. The molecule has 0 aliphatic heterocycles. The van der Waals surface area contributed by atoms with Crippen molar-refractivity contribution in [3.8, 4) is 0 Å².